The van der Waals surface area contributed by atoms with Gasteiger partial charge in [-0.3, -0.25) is 4.79 Å². The number of carbonyl (C=O) groups excluding carboxylic acids is 1. The minimum atomic E-state index is -0.206. The van der Waals surface area contributed by atoms with Crippen molar-refractivity contribution in [1.82, 2.24) is 0 Å². The molecule has 5 heteroatoms. The molecule has 0 saturated carbocycles. The van der Waals surface area contributed by atoms with E-state index in [0.717, 1.165) is 5.56 Å². The molecule has 0 heterocycles. The minimum Gasteiger partial charge on any atom is -0.330 e. The number of hydrogen-bond donors (Lipinski definition) is 2. The van der Waals surface area contributed by atoms with Gasteiger partial charge in [0.1, 0.15) is 0 Å². The molecule has 0 aliphatic heterocycles. The molecule has 1 aromatic carbocycles. The molecule has 3 nitrogen and oxygen atoms in total. The van der Waals surface area contributed by atoms with Gasteiger partial charge in [0, 0.05) is 12.5 Å². The fourth-order valence-electron chi connectivity index (χ4n) is 1.08. The van der Waals surface area contributed by atoms with Crippen LogP contribution in [0, 0.1) is 12.8 Å². The SMILES string of the molecule is Cc1ccc(NC(=O)C(C)CN)c(Cl)c1.Cl. The maximum absolute atomic E-state index is 11.5. The zero-order valence-electron chi connectivity index (χ0n) is 9.29. The number of benzene rings is 1. The van der Waals surface area contributed by atoms with Gasteiger partial charge in [0.25, 0.3) is 0 Å². The Morgan fingerprint density at radius 3 is 2.69 bits per heavy atom. The van der Waals surface area contributed by atoms with Crippen LogP contribution in [0.4, 0.5) is 5.69 Å². The van der Waals surface area contributed by atoms with Crippen LogP contribution in [-0.2, 0) is 4.79 Å². The fraction of sp³-hybridized carbons (Fsp3) is 0.364. The third kappa shape index (κ3) is 4.00. The molecule has 0 radical (unpaired) electrons. The summed E-state index contributed by atoms with van der Waals surface area (Å²) in [7, 11) is 0. The molecule has 0 bridgehead atoms. The third-order valence-electron chi connectivity index (χ3n) is 2.18. The first-order chi connectivity index (χ1) is 7.04. The summed E-state index contributed by atoms with van der Waals surface area (Å²) in [6, 6.07) is 5.50. The van der Waals surface area contributed by atoms with Gasteiger partial charge in [0.05, 0.1) is 10.7 Å². The summed E-state index contributed by atoms with van der Waals surface area (Å²) in [6.07, 6.45) is 0. The molecule has 0 spiro atoms. The van der Waals surface area contributed by atoms with Crippen LogP contribution in [0.2, 0.25) is 5.02 Å². The van der Waals surface area contributed by atoms with Gasteiger partial charge >= 0.3 is 0 Å². The number of hydrogen-bond acceptors (Lipinski definition) is 2. The van der Waals surface area contributed by atoms with E-state index in [1.807, 2.05) is 19.1 Å². The van der Waals surface area contributed by atoms with E-state index in [4.69, 9.17) is 17.3 Å². The number of rotatable bonds is 3. The van der Waals surface area contributed by atoms with Gasteiger partial charge in [-0.2, -0.15) is 0 Å². The fourth-order valence-corrected chi connectivity index (χ4v) is 1.37. The Bertz CT molecular complexity index is 369. The number of carbonyl (C=O) groups is 1. The molecule has 1 unspecified atom stereocenters. The van der Waals surface area contributed by atoms with E-state index in [2.05, 4.69) is 5.32 Å². The molecule has 3 N–H and O–H groups in total. The Morgan fingerprint density at radius 2 is 2.19 bits per heavy atom. The first-order valence-corrected chi connectivity index (χ1v) is 5.19. The highest BCUT2D eigenvalue weighted by atomic mass is 35.5. The van der Waals surface area contributed by atoms with Crippen LogP contribution in [0.5, 0.6) is 0 Å². The maximum atomic E-state index is 11.5. The summed E-state index contributed by atoms with van der Waals surface area (Å²) in [6.45, 7) is 4.05. The lowest BCUT2D eigenvalue weighted by atomic mass is 10.1. The van der Waals surface area contributed by atoms with Crippen LogP contribution < -0.4 is 11.1 Å². The smallest absolute Gasteiger partial charge is 0.228 e. The van der Waals surface area contributed by atoms with Crippen molar-refractivity contribution in [2.75, 3.05) is 11.9 Å². The lowest BCUT2D eigenvalue weighted by Crippen LogP contribution is -2.26. The van der Waals surface area contributed by atoms with E-state index < -0.39 is 0 Å². The predicted molar refractivity (Wildman–Crippen MR) is 70.3 cm³/mol. The van der Waals surface area contributed by atoms with Gasteiger partial charge in [-0.05, 0) is 24.6 Å². The molecule has 1 rings (SSSR count). The number of anilines is 1. The lowest BCUT2D eigenvalue weighted by Gasteiger charge is -2.11. The van der Waals surface area contributed by atoms with Crippen molar-refractivity contribution in [2.45, 2.75) is 13.8 Å². The summed E-state index contributed by atoms with van der Waals surface area (Å²) < 4.78 is 0. The van der Waals surface area contributed by atoms with Crippen molar-refractivity contribution in [3.8, 4) is 0 Å². The lowest BCUT2D eigenvalue weighted by molar-refractivity contribution is -0.119. The van der Waals surface area contributed by atoms with Gasteiger partial charge in [0.2, 0.25) is 5.91 Å². The molecule has 1 amide bonds. The number of halogens is 2. The Morgan fingerprint density at radius 1 is 1.56 bits per heavy atom. The van der Waals surface area contributed by atoms with Crippen LogP contribution in [0.3, 0.4) is 0 Å². The van der Waals surface area contributed by atoms with Gasteiger partial charge in [-0.15, -0.1) is 12.4 Å². The second-order valence-corrected chi connectivity index (χ2v) is 4.02. The summed E-state index contributed by atoms with van der Waals surface area (Å²) in [5.41, 5.74) is 7.09. The molecule has 0 aliphatic rings. The zero-order valence-corrected chi connectivity index (χ0v) is 10.9. The highest BCUT2D eigenvalue weighted by molar-refractivity contribution is 6.33. The van der Waals surface area contributed by atoms with E-state index in [9.17, 15) is 4.79 Å². The highest BCUT2D eigenvalue weighted by Crippen LogP contribution is 2.23. The van der Waals surface area contributed by atoms with Gasteiger partial charge < -0.3 is 11.1 Å². The second-order valence-electron chi connectivity index (χ2n) is 3.61. The Labute approximate surface area is 107 Å². The summed E-state index contributed by atoms with van der Waals surface area (Å²) >= 11 is 5.98. The number of nitrogens with two attached hydrogens (primary N) is 1. The minimum absolute atomic E-state index is 0. The Kier molecular flexibility index (Phi) is 6.41. The number of nitrogens with one attached hydrogen (secondary N) is 1. The third-order valence-corrected chi connectivity index (χ3v) is 2.50. The highest BCUT2D eigenvalue weighted by Gasteiger charge is 2.12. The monoisotopic (exact) mass is 262 g/mol. The molecule has 1 atom stereocenters. The molecular weight excluding hydrogens is 247 g/mol. The van der Waals surface area contributed by atoms with Crippen molar-refractivity contribution < 1.29 is 4.79 Å². The summed E-state index contributed by atoms with van der Waals surface area (Å²) in [4.78, 5) is 11.5. The Hall–Kier alpha value is -0.770. The molecule has 90 valence electrons. The van der Waals surface area contributed by atoms with Crippen LogP contribution in [0.15, 0.2) is 18.2 Å². The number of amides is 1. The predicted octanol–water partition coefficient (Wildman–Crippen LogP) is 2.60. The normalized spacial score (nSPS) is 11.5. The molecule has 0 aromatic heterocycles. The molecule has 1 aromatic rings. The average Bonchev–Trinajstić information content (AvgIpc) is 2.20. The van der Waals surface area contributed by atoms with Crippen LogP contribution in [-0.4, -0.2) is 12.5 Å². The maximum Gasteiger partial charge on any atom is 0.228 e. The van der Waals surface area contributed by atoms with Crippen LogP contribution in [0.1, 0.15) is 12.5 Å². The van der Waals surface area contributed by atoms with E-state index in [1.165, 1.54) is 0 Å². The van der Waals surface area contributed by atoms with E-state index in [0.29, 0.717) is 17.3 Å². The van der Waals surface area contributed by atoms with Crippen molar-refractivity contribution in [3.05, 3.63) is 28.8 Å². The van der Waals surface area contributed by atoms with Gasteiger partial charge in [-0.1, -0.05) is 24.6 Å². The largest absolute Gasteiger partial charge is 0.330 e. The van der Waals surface area contributed by atoms with Gasteiger partial charge in [-0.25, -0.2) is 0 Å². The van der Waals surface area contributed by atoms with E-state index in [1.54, 1.807) is 13.0 Å². The van der Waals surface area contributed by atoms with Crippen molar-refractivity contribution in [3.63, 3.8) is 0 Å². The molecule has 0 saturated heterocycles. The summed E-state index contributed by atoms with van der Waals surface area (Å²) in [5.74, 6) is -0.314. The molecule has 16 heavy (non-hydrogen) atoms. The Balaban J connectivity index is 0.00000225. The molecular formula is C11H16Cl2N2O. The average molecular weight is 263 g/mol. The van der Waals surface area contributed by atoms with E-state index in [-0.39, 0.29) is 24.2 Å². The molecule has 0 aliphatic carbocycles. The first-order valence-electron chi connectivity index (χ1n) is 4.81. The van der Waals surface area contributed by atoms with Crippen LogP contribution in [0.25, 0.3) is 0 Å². The summed E-state index contributed by atoms with van der Waals surface area (Å²) in [5, 5.41) is 3.29. The van der Waals surface area contributed by atoms with Gasteiger partial charge in [0.15, 0.2) is 0 Å². The topological polar surface area (TPSA) is 55.1 Å². The van der Waals surface area contributed by atoms with Crippen molar-refractivity contribution >= 4 is 35.6 Å². The van der Waals surface area contributed by atoms with E-state index >= 15 is 0 Å². The number of aryl methyl sites for hydroxylation is 1. The second kappa shape index (κ2) is 6.74. The quantitative estimate of drug-likeness (QED) is 0.880. The van der Waals surface area contributed by atoms with Crippen molar-refractivity contribution in [2.24, 2.45) is 11.7 Å². The molecule has 0 fully saturated rings. The zero-order chi connectivity index (χ0) is 11.4. The first kappa shape index (κ1) is 15.2. The van der Waals surface area contributed by atoms with Crippen molar-refractivity contribution in [1.29, 1.82) is 0 Å². The van der Waals surface area contributed by atoms with Crippen LogP contribution >= 0.6 is 24.0 Å². The standard InChI is InChI=1S/C11H15ClN2O.ClH/c1-7-3-4-10(9(12)5-7)14-11(15)8(2)6-13;/h3-5,8H,6,13H2,1-2H3,(H,14,15);1H.